The molecule has 0 saturated carbocycles. The summed E-state index contributed by atoms with van der Waals surface area (Å²) in [5, 5.41) is 5.80. The van der Waals surface area contributed by atoms with Crippen LogP contribution in [0.3, 0.4) is 0 Å². The molecule has 142 valence electrons. The molecule has 2 aliphatic heterocycles. The van der Waals surface area contributed by atoms with Crippen molar-refractivity contribution in [3.05, 3.63) is 41.7 Å². The molecular weight excluding hydrogens is 385 g/mol. The van der Waals surface area contributed by atoms with Crippen LogP contribution in [-0.4, -0.2) is 30.0 Å². The van der Waals surface area contributed by atoms with E-state index in [0.717, 1.165) is 4.70 Å². The van der Waals surface area contributed by atoms with Gasteiger partial charge in [-0.3, -0.25) is 9.59 Å². The fourth-order valence-electron chi connectivity index (χ4n) is 3.38. The number of nitrogens with zero attached hydrogens (tertiary/aromatic N) is 1. The van der Waals surface area contributed by atoms with Crippen molar-refractivity contribution in [2.75, 3.05) is 23.8 Å². The molecular formula is C19H14FN3O4S. The maximum Gasteiger partial charge on any atom is 0.234 e. The average molecular weight is 399 g/mol. The smallest absolute Gasteiger partial charge is 0.234 e. The molecule has 1 aromatic heterocycles. The molecule has 0 aliphatic carbocycles. The largest absolute Gasteiger partial charge is 0.486 e. The van der Waals surface area contributed by atoms with Gasteiger partial charge in [-0.2, -0.15) is 0 Å². The van der Waals surface area contributed by atoms with E-state index in [1.807, 2.05) is 6.07 Å². The number of nitrogens with one attached hydrogen (secondary N) is 2. The summed E-state index contributed by atoms with van der Waals surface area (Å²) < 4.78 is 25.4. The van der Waals surface area contributed by atoms with Gasteiger partial charge in [-0.1, -0.05) is 17.4 Å². The monoisotopic (exact) mass is 399 g/mol. The predicted octanol–water partition coefficient (Wildman–Crippen LogP) is 3.27. The second kappa shape index (κ2) is 6.45. The zero-order valence-electron chi connectivity index (χ0n) is 14.5. The molecule has 0 saturated heterocycles. The lowest BCUT2D eigenvalue weighted by atomic mass is 9.90. The molecule has 1 atom stereocenters. The first-order valence-corrected chi connectivity index (χ1v) is 9.49. The minimum atomic E-state index is -0.712. The molecule has 0 spiro atoms. The lowest BCUT2D eigenvalue weighted by molar-refractivity contribution is -0.123. The molecule has 2 aromatic carbocycles. The summed E-state index contributed by atoms with van der Waals surface area (Å²) in [5.74, 6) is -0.596. The molecule has 7 nitrogen and oxygen atoms in total. The summed E-state index contributed by atoms with van der Waals surface area (Å²) in [6.45, 7) is 0.973. The fourth-order valence-corrected chi connectivity index (χ4v) is 4.26. The van der Waals surface area contributed by atoms with Crippen LogP contribution in [0, 0.1) is 5.82 Å². The summed E-state index contributed by atoms with van der Waals surface area (Å²) in [7, 11) is 0. The van der Waals surface area contributed by atoms with Crippen molar-refractivity contribution in [3.63, 3.8) is 0 Å². The van der Waals surface area contributed by atoms with Crippen molar-refractivity contribution in [3.8, 4) is 11.5 Å². The van der Waals surface area contributed by atoms with Gasteiger partial charge in [-0.05, 0) is 17.7 Å². The number of hydrogen-bond acceptors (Lipinski definition) is 6. The van der Waals surface area contributed by atoms with Crippen LogP contribution in [0.5, 0.6) is 11.5 Å². The third-order valence-corrected chi connectivity index (χ3v) is 5.59. The summed E-state index contributed by atoms with van der Waals surface area (Å²) in [4.78, 5) is 29.2. The third kappa shape index (κ3) is 2.93. The molecule has 28 heavy (non-hydrogen) atoms. The number of amides is 2. The van der Waals surface area contributed by atoms with Gasteiger partial charge in [0, 0.05) is 24.2 Å². The summed E-state index contributed by atoms with van der Waals surface area (Å²) in [5.41, 5.74) is 1.59. The average Bonchev–Trinajstić information content (AvgIpc) is 3.05. The number of anilines is 2. The Morgan fingerprint density at radius 3 is 2.82 bits per heavy atom. The maximum absolute atomic E-state index is 13.5. The van der Waals surface area contributed by atoms with Crippen LogP contribution in [0.4, 0.5) is 15.2 Å². The Bertz CT molecular complexity index is 1090. The Morgan fingerprint density at radius 1 is 1.21 bits per heavy atom. The van der Waals surface area contributed by atoms with Crippen LogP contribution in [0.15, 0.2) is 30.3 Å². The first kappa shape index (κ1) is 16.9. The Balaban J connectivity index is 1.43. The lowest BCUT2D eigenvalue weighted by Gasteiger charge is -2.24. The van der Waals surface area contributed by atoms with E-state index >= 15 is 0 Å². The Hall–Kier alpha value is -3.20. The fraction of sp³-hybridized carbons (Fsp3) is 0.211. The normalized spacial score (nSPS) is 17.8. The summed E-state index contributed by atoms with van der Waals surface area (Å²) >= 11 is 1.31. The van der Waals surface area contributed by atoms with Gasteiger partial charge >= 0.3 is 0 Å². The lowest BCUT2D eigenvalue weighted by Crippen LogP contribution is -2.30. The molecule has 2 aliphatic rings. The zero-order chi connectivity index (χ0) is 19.3. The van der Waals surface area contributed by atoms with Gasteiger partial charge in [0.15, 0.2) is 16.6 Å². The first-order chi connectivity index (χ1) is 13.6. The summed E-state index contributed by atoms with van der Waals surface area (Å²) in [6.07, 6.45) is -0.00859. The number of hydrogen-bond donors (Lipinski definition) is 2. The zero-order valence-corrected chi connectivity index (χ0v) is 15.3. The van der Waals surface area contributed by atoms with Gasteiger partial charge in [-0.15, -0.1) is 0 Å². The van der Waals surface area contributed by atoms with Gasteiger partial charge in [0.1, 0.15) is 19.0 Å². The van der Waals surface area contributed by atoms with Crippen LogP contribution in [0.25, 0.3) is 10.2 Å². The van der Waals surface area contributed by atoms with Crippen molar-refractivity contribution >= 4 is 44.2 Å². The van der Waals surface area contributed by atoms with E-state index < -0.39 is 11.7 Å². The number of thiazole rings is 1. The van der Waals surface area contributed by atoms with Crippen LogP contribution in [-0.2, 0) is 9.59 Å². The van der Waals surface area contributed by atoms with Crippen molar-refractivity contribution < 1.29 is 23.5 Å². The molecule has 3 heterocycles. The quantitative estimate of drug-likeness (QED) is 0.690. The van der Waals surface area contributed by atoms with Crippen LogP contribution >= 0.6 is 11.3 Å². The molecule has 2 N–H and O–H groups in total. The SMILES string of the molecule is O=C1C[C@@H](C(=O)Nc2nc3cc4c(cc3s2)OCCO4)c2ccc(F)cc2N1. The first-order valence-electron chi connectivity index (χ1n) is 8.67. The standard InChI is InChI=1S/C19H14FN3O4S/c20-9-1-2-10-11(6-17(24)21-12(10)5-9)18(25)23-19-22-13-7-14-15(8-16(13)28-19)27-4-3-26-14/h1-2,5,7-8,11H,3-4,6H2,(H,21,24)(H,22,23,25)/t11-/m1/s1. The van der Waals surface area contributed by atoms with E-state index in [0.29, 0.717) is 46.6 Å². The number of fused-ring (bicyclic) bond motifs is 3. The van der Waals surface area contributed by atoms with Gasteiger partial charge in [0.05, 0.1) is 16.1 Å². The predicted molar refractivity (Wildman–Crippen MR) is 102 cm³/mol. The molecule has 0 radical (unpaired) electrons. The van der Waals surface area contributed by atoms with E-state index in [2.05, 4.69) is 15.6 Å². The van der Waals surface area contributed by atoms with Crippen LogP contribution in [0.1, 0.15) is 17.9 Å². The van der Waals surface area contributed by atoms with E-state index in [9.17, 15) is 14.0 Å². The van der Waals surface area contributed by atoms with E-state index in [1.54, 1.807) is 6.07 Å². The van der Waals surface area contributed by atoms with Gasteiger partial charge in [-0.25, -0.2) is 9.37 Å². The highest BCUT2D eigenvalue weighted by Crippen LogP contribution is 2.39. The molecule has 0 fully saturated rings. The number of halogens is 1. The number of aromatic nitrogens is 1. The minimum Gasteiger partial charge on any atom is -0.486 e. The highest BCUT2D eigenvalue weighted by molar-refractivity contribution is 7.22. The molecule has 5 rings (SSSR count). The van der Waals surface area contributed by atoms with Crippen molar-refractivity contribution in [2.24, 2.45) is 0 Å². The van der Waals surface area contributed by atoms with Crippen LogP contribution < -0.4 is 20.1 Å². The molecule has 3 aromatic rings. The minimum absolute atomic E-state index is 0.00859. The number of carbonyl (C=O) groups excluding carboxylic acids is 2. The van der Waals surface area contributed by atoms with Gasteiger partial charge in [0.25, 0.3) is 0 Å². The highest BCUT2D eigenvalue weighted by Gasteiger charge is 2.31. The number of carbonyl (C=O) groups is 2. The molecule has 9 heteroatoms. The van der Waals surface area contributed by atoms with Crippen molar-refractivity contribution in [1.82, 2.24) is 4.98 Å². The molecule has 0 bridgehead atoms. The van der Waals surface area contributed by atoms with Gasteiger partial charge in [0.2, 0.25) is 11.8 Å². The van der Waals surface area contributed by atoms with E-state index in [1.165, 1.54) is 29.5 Å². The molecule has 0 unspecified atom stereocenters. The topological polar surface area (TPSA) is 89.6 Å². The number of rotatable bonds is 2. The van der Waals surface area contributed by atoms with E-state index in [4.69, 9.17) is 9.47 Å². The third-order valence-electron chi connectivity index (χ3n) is 4.65. The number of ether oxygens (including phenoxy) is 2. The van der Waals surface area contributed by atoms with Crippen LogP contribution in [0.2, 0.25) is 0 Å². The second-order valence-corrected chi connectivity index (χ2v) is 7.54. The number of benzene rings is 2. The Morgan fingerprint density at radius 2 is 2.00 bits per heavy atom. The van der Waals surface area contributed by atoms with Crippen molar-refractivity contribution in [2.45, 2.75) is 12.3 Å². The van der Waals surface area contributed by atoms with Gasteiger partial charge < -0.3 is 20.1 Å². The summed E-state index contributed by atoms with van der Waals surface area (Å²) in [6, 6.07) is 7.63. The molecule has 2 amide bonds. The Labute approximate surface area is 162 Å². The van der Waals surface area contributed by atoms with E-state index in [-0.39, 0.29) is 18.2 Å². The highest BCUT2D eigenvalue weighted by atomic mass is 32.1. The Kier molecular flexibility index (Phi) is 3.90. The van der Waals surface area contributed by atoms with Crippen molar-refractivity contribution in [1.29, 1.82) is 0 Å². The second-order valence-electron chi connectivity index (χ2n) is 6.51. The maximum atomic E-state index is 13.5.